The largest absolute Gasteiger partial charge is 0.352 e. The average Bonchev–Trinajstić information content (AvgIpc) is 2.31. The second-order valence-electron chi connectivity index (χ2n) is 5.02. The van der Waals surface area contributed by atoms with Crippen LogP contribution < -0.4 is 5.32 Å². The van der Waals surface area contributed by atoms with E-state index in [1.807, 2.05) is 0 Å². The van der Waals surface area contributed by atoms with Crippen LogP contribution >= 0.6 is 0 Å². The molecule has 2 rings (SSSR count). The lowest BCUT2D eigenvalue weighted by molar-refractivity contribution is -0.133. The van der Waals surface area contributed by atoms with E-state index in [4.69, 9.17) is 0 Å². The van der Waals surface area contributed by atoms with Gasteiger partial charge in [-0.1, -0.05) is 0 Å². The van der Waals surface area contributed by atoms with Gasteiger partial charge in [-0.25, -0.2) is 13.2 Å². The SMILES string of the molecule is CC1(C)C(=O)NCCN1C(=O)c1c(F)cc(F)cc1F. The van der Waals surface area contributed by atoms with Gasteiger partial charge in [-0.3, -0.25) is 9.59 Å². The molecule has 0 unspecified atom stereocenters. The van der Waals surface area contributed by atoms with Crippen molar-refractivity contribution in [2.75, 3.05) is 13.1 Å². The summed E-state index contributed by atoms with van der Waals surface area (Å²) >= 11 is 0. The fourth-order valence-electron chi connectivity index (χ4n) is 2.14. The second-order valence-corrected chi connectivity index (χ2v) is 5.02. The van der Waals surface area contributed by atoms with Crippen LogP contribution in [0.5, 0.6) is 0 Å². The van der Waals surface area contributed by atoms with E-state index in [0.717, 1.165) is 4.90 Å². The van der Waals surface area contributed by atoms with Gasteiger partial charge >= 0.3 is 0 Å². The van der Waals surface area contributed by atoms with Crippen molar-refractivity contribution in [1.82, 2.24) is 10.2 Å². The molecule has 1 aromatic carbocycles. The maximum Gasteiger partial charge on any atom is 0.260 e. The van der Waals surface area contributed by atoms with E-state index in [0.29, 0.717) is 12.1 Å². The summed E-state index contributed by atoms with van der Waals surface area (Å²) in [7, 11) is 0. The summed E-state index contributed by atoms with van der Waals surface area (Å²) in [4.78, 5) is 25.1. The number of halogens is 3. The molecule has 1 N–H and O–H groups in total. The van der Waals surface area contributed by atoms with Crippen molar-refractivity contribution >= 4 is 11.8 Å². The summed E-state index contributed by atoms with van der Waals surface area (Å²) in [5.41, 5.74) is -2.09. The smallest absolute Gasteiger partial charge is 0.260 e. The molecule has 1 aliphatic rings. The van der Waals surface area contributed by atoms with Crippen LogP contribution in [0, 0.1) is 17.5 Å². The molecule has 1 fully saturated rings. The quantitative estimate of drug-likeness (QED) is 0.849. The summed E-state index contributed by atoms with van der Waals surface area (Å²) in [6.07, 6.45) is 0. The Morgan fingerprint density at radius 2 is 1.80 bits per heavy atom. The van der Waals surface area contributed by atoms with Crippen molar-refractivity contribution in [3.05, 3.63) is 35.1 Å². The van der Waals surface area contributed by atoms with Crippen LogP contribution in [-0.4, -0.2) is 35.3 Å². The van der Waals surface area contributed by atoms with Gasteiger partial charge < -0.3 is 10.2 Å². The van der Waals surface area contributed by atoms with Gasteiger partial charge in [0.15, 0.2) is 0 Å². The average molecular weight is 286 g/mol. The zero-order chi connectivity index (χ0) is 15.1. The molecule has 1 heterocycles. The third kappa shape index (κ3) is 2.23. The highest BCUT2D eigenvalue weighted by molar-refractivity contribution is 6.00. The van der Waals surface area contributed by atoms with Crippen LogP contribution in [0.3, 0.4) is 0 Å². The number of hydrogen-bond donors (Lipinski definition) is 1. The lowest BCUT2D eigenvalue weighted by Gasteiger charge is -2.41. The Morgan fingerprint density at radius 3 is 2.35 bits per heavy atom. The first-order valence-corrected chi connectivity index (χ1v) is 6.00. The third-order valence-electron chi connectivity index (χ3n) is 3.32. The van der Waals surface area contributed by atoms with Crippen LogP contribution in [0.25, 0.3) is 0 Å². The number of nitrogens with zero attached hydrogens (tertiary/aromatic N) is 1. The fraction of sp³-hybridized carbons (Fsp3) is 0.385. The minimum Gasteiger partial charge on any atom is -0.352 e. The van der Waals surface area contributed by atoms with Crippen LogP contribution in [-0.2, 0) is 4.79 Å². The minimum atomic E-state index is -1.28. The number of rotatable bonds is 1. The van der Waals surface area contributed by atoms with E-state index in [2.05, 4.69) is 5.32 Å². The van der Waals surface area contributed by atoms with E-state index in [1.54, 1.807) is 0 Å². The number of carbonyl (C=O) groups is 2. The van der Waals surface area contributed by atoms with Gasteiger partial charge in [0, 0.05) is 25.2 Å². The Labute approximate surface area is 113 Å². The first-order valence-electron chi connectivity index (χ1n) is 6.00. The zero-order valence-electron chi connectivity index (χ0n) is 11.0. The number of amides is 2. The number of benzene rings is 1. The minimum absolute atomic E-state index is 0.119. The molecular weight excluding hydrogens is 273 g/mol. The van der Waals surface area contributed by atoms with Crippen molar-refractivity contribution in [2.45, 2.75) is 19.4 Å². The van der Waals surface area contributed by atoms with Crippen LogP contribution in [0.4, 0.5) is 13.2 Å². The van der Waals surface area contributed by atoms with Crippen LogP contribution in [0.1, 0.15) is 24.2 Å². The number of carbonyl (C=O) groups excluding carboxylic acids is 2. The van der Waals surface area contributed by atoms with Crippen molar-refractivity contribution in [3.8, 4) is 0 Å². The summed E-state index contributed by atoms with van der Waals surface area (Å²) in [5, 5.41) is 2.57. The highest BCUT2D eigenvalue weighted by atomic mass is 19.1. The van der Waals surface area contributed by atoms with Crippen molar-refractivity contribution in [2.24, 2.45) is 0 Å². The van der Waals surface area contributed by atoms with E-state index >= 15 is 0 Å². The lowest BCUT2D eigenvalue weighted by atomic mass is 9.97. The molecule has 1 aromatic rings. The van der Waals surface area contributed by atoms with E-state index in [9.17, 15) is 22.8 Å². The maximum absolute atomic E-state index is 13.6. The standard InChI is InChI=1S/C13H13F3N2O2/c1-13(2)12(20)17-3-4-18(13)11(19)10-8(15)5-7(14)6-9(10)16/h5-6H,3-4H2,1-2H3,(H,17,20). The zero-order valence-corrected chi connectivity index (χ0v) is 11.0. The van der Waals surface area contributed by atoms with Crippen molar-refractivity contribution in [3.63, 3.8) is 0 Å². The third-order valence-corrected chi connectivity index (χ3v) is 3.32. The Morgan fingerprint density at radius 1 is 1.25 bits per heavy atom. The van der Waals surface area contributed by atoms with Crippen molar-refractivity contribution < 1.29 is 22.8 Å². The molecule has 0 atom stereocenters. The molecule has 108 valence electrons. The van der Waals surface area contributed by atoms with Gasteiger partial charge in [0.25, 0.3) is 5.91 Å². The maximum atomic E-state index is 13.6. The first-order chi connectivity index (χ1) is 9.25. The summed E-state index contributed by atoms with van der Waals surface area (Å²) < 4.78 is 40.1. The van der Waals surface area contributed by atoms with E-state index in [-0.39, 0.29) is 13.1 Å². The lowest BCUT2D eigenvalue weighted by Crippen LogP contribution is -2.63. The monoisotopic (exact) mass is 286 g/mol. The van der Waals surface area contributed by atoms with Gasteiger partial charge in [0.05, 0.1) is 0 Å². The Hall–Kier alpha value is -2.05. The van der Waals surface area contributed by atoms with Crippen LogP contribution in [0.2, 0.25) is 0 Å². The van der Waals surface area contributed by atoms with Gasteiger partial charge in [-0.15, -0.1) is 0 Å². The molecule has 0 bridgehead atoms. The summed E-state index contributed by atoms with van der Waals surface area (Å²) in [6, 6.07) is 0.876. The topological polar surface area (TPSA) is 49.4 Å². The molecule has 0 radical (unpaired) electrons. The first kappa shape index (κ1) is 14.4. The fourth-order valence-corrected chi connectivity index (χ4v) is 2.14. The molecule has 4 nitrogen and oxygen atoms in total. The van der Waals surface area contributed by atoms with Gasteiger partial charge in [-0.05, 0) is 13.8 Å². The predicted octanol–water partition coefficient (Wildman–Crippen LogP) is 1.45. The molecule has 1 saturated heterocycles. The predicted molar refractivity (Wildman–Crippen MR) is 64.4 cm³/mol. The van der Waals surface area contributed by atoms with Crippen LogP contribution in [0.15, 0.2) is 12.1 Å². The molecule has 0 aliphatic carbocycles. The molecule has 0 aromatic heterocycles. The van der Waals surface area contributed by atoms with Gasteiger partial charge in [0.2, 0.25) is 5.91 Å². The number of piperazine rings is 1. The molecule has 20 heavy (non-hydrogen) atoms. The molecule has 7 heteroatoms. The Bertz CT molecular complexity index is 564. The molecule has 0 saturated carbocycles. The molecule has 2 amide bonds. The molecule has 1 aliphatic heterocycles. The van der Waals surface area contributed by atoms with E-state index in [1.165, 1.54) is 13.8 Å². The number of hydrogen-bond acceptors (Lipinski definition) is 2. The molecular formula is C13H13F3N2O2. The Kier molecular flexibility index (Phi) is 3.45. The van der Waals surface area contributed by atoms with E-state index < -0.39 is 40.4 Å². The highest BCUT2D eigenvalue weighted by Gasteiger charge is 2.42. The molecule has 0 spiro atoms. The normalized spacial score (nSPS) is 17.9. The van der Waals surface area contributed by atoms with Gasteiger partial charge in [-0.2, -0.15) is 0 Å². The van der Waals surface area contributed by atoms with Gasteiger partial charge in [0.1, 0.15) is 28.6 Å². The Balaban J connectivity index is 2.44. The van der Waals surface area contributed by atoms with Crippen molar-refractivity contribution in [1.29, 1.82) is 0 Å². The second kappa shape index (κ2) is 4.81. The summed E-state index contributed by atoms with van der Waals surface area (Å²) in [5.74, 6) is -5.06. The summed E-state index contributed by atoms with van der Waals surface area (Å²) in [6.45, 7) is 3.25. The number of nitrogens with one attached hydrogen (secondary N) is 1. The highest BCUT2D eigenvalue weighted by Crippen LogP contribution is 2.24.